The summed E-state index contributed by atoms with van der Waals surface area (Å²) in [6.07, 6.45) is 3.29. The summed E-state index contributed by atoms with van der Waals surface area (Å²) in [6, 6.07) is 17.8. The van der Waals surface area contributed by atoms with Crippen molar-refractivity contribution in [1.29, 1.82) is 0 Å². The molecule has 5 nitrogen and oxygen atoms in total. The lowest BCUT2D eigenvalue weighted by atomic mass is 10.2. The lowest BCUT2D eigenvalue weighted by Gasteiger charge is -2.09. The second-order valence-electron chi connectivity index (χ2n) is 6.36. The Hall–Kier alpha value is -3.12. The minimum Gasteiger partial charge on any atom is -0.322 e. The molecule has 2 heterocycles. The lowest BCUT2D eigenvalue weighted by Crippen LogP contribution is -2.12. The van der Waals surface area contributed by atoms with Gasteiger partial charge in [0, 0.05) is 21.7 Å². The van der Waals surface area contributed by atoms with Gasteiger partial charge in [0.2, 0.25) is 0 Å². The van der Waals surface area contributed by atoms with Crippen LogP contribution in [0.5, 0.6) is 0 Å². The monoisotopic (exact) mass is 374 g/mol. The maximum Gasteiger partial charge on any atom is 0.257 e. The SMILES string of the molecule is Cc1ccc(C)c(Sc2ccc(NC(=O)c3ccc4nncn4c3)cc2)c1. The molecule has 0 radical (unpaired) electrons. The zero-order valence-corrected chi connectivity index (χ0v) is 15.8. The summed E-state index contributed by atoms with van der Waals surface area (Å²) >= 11 is 1.72. The van der Waals surface area contributed by atoms with Gasteiger partial charge in [-0.25, -0.2) is 0 Å². The second-order valence-corrected chi connectivity index (χ2v) is 7.48. The predicted molar refractivity (Wildman–Crippen MR) is 107 cm³/mol. The van der Waals surface area contributed by atoms with Gasteiger partial charge in [-0.05, 0) is 67.4 Å². The van der Waals surface area contributed by atoms with E-state index in [1.54, 1.807) is 40.8 Å². The van der Waals surface area contributed by atoms with Gasteiger partial charge in [-0.15, -0.1) is 10.2 Å². The van der Waals surface area contributed by atoms with Crippen molar-refractivity contribution in [2.75, 3.05) is 5.32 Å². The number of aromatic nitrogens is 3. The zero-order chi connectivity index (χ0) is 18.8. The third-order valence-corrected chi connectivity index (χ3v) is 5.40. The van der Waals surface area contributed by atoms with Gasteiger partial charge in [-0.3, -0.25) is 9.20 Å². The van der Waals surface area contributed by atoms with Gasteiger partial charge in [0.15, 0.2) is 5.65 Å². The normalized spacial score (nSPS) is 10.9. The van der Waals surface area contributed by atoms with Gasteiger partial charge in [0.25, 0.3) is 5.91 Å². The number of rotatable bonds is 4. The van der Waals surface area contributed by atoms with Crippen molar-refractivity contribution >= 4 is 29.0 Å². The predicted octanol–water partition coefficient (Wildman–Crippen LogP) is 4.75. The summed E-state index contributed by atoms with van der Waals surface area (Å²) < 4.78 is 1.72. The summed E-state index contributed by atoms with van der Waals surface area (Å²) in [7, 11) is 0. The molecule has 134 valence electrons. The molecule has 0 atom stereocenters. The van der Waals surface area contributed by atoms with Crippen LogP contribution in [0.3, 0.4) is 0 Å². The van der Waals surface area contributed by atoms with Crippen molar-refractivity contribution in [3.8, 4) is 0 Å². The first kappa shape index (κ1) is 17.3. The van der Waals surface area contributed by atoms with Gasteiger partial charge in [0.05, 0.1) is 5.56 Å². The highest BCUT2D eigenvalue weighted by atomic mass is 32.2. The van der Waals surface area contributed by atoms with Gasteiger partial charge in [-0.1, -0.05) is 23.9 Å². The number of carbonyl (C=O) groups is 1. The van der Waals surface area contributed by atoms with E-state index in [2.05, 4.69) is 47.6 Å². The number of fused-ring (bicyclic) bond motifs is 1. The van der Waals surface area contributed by atoms with E-state index in [1.807, 2.05) is 24.3 Å². The molecule has 1 N–H and O–H groups in total. The van der Waals surface area contributed by atoms with Crippen molar-refractivity contribution in [2.24, 2.45) is 0 Å². The fraction of sp³-hybridized carbons (Fsp3) is 0.0952. The number of hydrogen-bond donors (Lipinski definition) is 1. The van der Waals surface area contributed by atoms with E-state index in [9.17, 15) is 4.79 Å². The lowest BCUT2D eigenvalue weighted by molar-refractivity contribution is 0.102. The summed E-state index contributed by atoms with van der Waals surface area (Å²) in [6.45, 7) is 4.21. The molecule has 0 aliphatic heterocycles. The highest BCUT2D eigenvalue weighted by molar-refractivity contribution is 7.99. The van der Waals surface area contributed by atoms with E-state index < -0.39 is 0 Å². The maximum atomic E-state index is 12.5. The van der Waals surface area contributed by atoms with Crippen LogP contribution in [0.15, 0.2) is 76.9 Å². The van der Waals surface area contributed by atoms with Crippen LogP contribution in [0.25, 0.3) is 5.65 Å². The average Bonchev–Trinajstić information content (AvgIpc) is 3.14. The molecule has 0 spiro atoms. The zero-order valence-electron chi connectivity index (χ0n) is 15.0. The number of amides is 1. The molecule has 1 amide bonds. The van der Waals surface area contributed by atoms with Crippen LogP contribution in [0.1, 0.15) is 21.5 Å². The van der Waals surface area contributed by atoms with Gasteiger partial charge in [0.1, 0.15) is 6.33 Å². The number of nitrogens with zero attached hydrogens (tertiary/aromatic N) is 3. The largest absolute Gasteiger partial charge is 0.322 e. The molecule has 2 aromatic carbocycles. The van der Waals surface area contributed by atoms with Crippen LogP contribution in [-0.2, 0) is 0 Å². The van der Waals surface area contributed by atoms with E-state index in [0.717, 1.165) is 10.6 Å². The molecule has 27 heavy (non-hydrogen) atoms. The van der Waals surface area contributed by atoms with Gasteiger partial charge in [-0.2, -0.15) is 0 Å². The van der Waals surface area contributed by atoms with E-state index >= 15 is 0 Å². The molecule has 0 bridgehead atoms. The number of hydrogen-bond acceptors (Lipinski definition) is 4. The Balaban J connectivity index is 1.47. The Labute approximate surface area is 161 Å². The summed E-state index contributed by atoms with van der Waals surface area (Å²) in [5.74, 6) is -0.166. The summed E-state index contributed by atoms with van der Waals surface area (Å²) in [5.41, 5.74) is 4.52. The maximum absolute atomic E-state index is 12.5. The minimum absolute atomic E-state index is 0.166. The minimum atomic E-state index is -0.166. The van der Waals surface area contributed by atoms with Crippen molar-refractivity contribution < 1.29 is 4.79 Å². The van der Waals surface area contributed by atoms with Crippen LogP contribution < -0.4 is 5.32 Å². The van der Waals surface area contributed by atoms with Crippen molar-refractivity contribution in [3.63, 3.8) is 0 Å². The summed E-state index contributed by atoms with van der Waals surface area (Å²) in [5, 5.41) is 10.7. The Morgan fingerprint density at radius 1 is 1.04 bits per heavy atom. The van der Waals surface area contributed by atoms with E-state index in [1.165, 1.54) is 16.0 Å². The molecule has 0 saturated carbocycles. The second kappa shape index (κ2) is 7.25. The van der Waals surface area contributed by atoms with Crippen LogP contribution in [0.2, 0.25) is 0 Å². The molecular formula is C21H18N4OS. The van der Waals surface area contributed by atoms with Crippen molar-refractivity contribution in [1.82, 2.24) is 14.6 Å². The van der Waals surface area contributed by atoms with Crippen LogP contribution in [-0.4, -0.2) is 20.5 Å². The van der Waals surface area contributed by atoms with Crippen LogP contribution in [0, 0.1) is 13.8 Å². The van der Waals surface area contributed by atoms with Gasteiger partial charge < -0.3 is 5.32 Å². The Bertz CT molecular complexity index is 1120. The molecule has 0 saturated heterocycles. The fourth-order valence-corrected chi connectivity index (χ4v) is 3.72. The quantitative estimate of drug-likeness (QED) is 0.560. The number of nitrogens with one attached hydrogen (secondary N) is 1. The standard InChI is InChI=1S/C21H18N4OS/c1-14-3-4-15(2)19(11-14)27-18-8-6-17(7-9-18)23-21(26)16-5-10-20-24-22-13-25(20)12-16/h3-13H,1-2H3,(H,23,26). The summed E-state index contributed by atoms with van der Waals surface area (Å²) in [4.78, 5) is 14.8. The topological polar surface area (TPSA) is 59.3 Å². The smallest absolute Gasteiger partial charge is 0.257 e. The third kappa shape index (κ3) is 3.85. The molecule has 6 heteroatoms. The molecule has 0 fully saturated rings. The highest BCUT2D eigenvalue weighted by Crippen LogP contribution is 2.31. The first-order valence-electron chi connectivity index (χ1n) is 8.54. The molecule has 4 aromatic rings. The molecule has 4 rings (SSSR count). The van der Waals surface area contributed by atoms with E-state index in [4.69, 9.17) is 0 Å². The van der Waals surface area contributed by atoms with Crippen LogP contribution >= 0.6 is 11.8 Å². The van der Waals surface area contributed by atoms with Gasteiger partial charge >= 0.3 is 0 Å². The number of aryl methyl sites for hydroxylation is 2. The number of benzene rings is 2. The molecule has 0 aliphatic carbocycles. The number of anilines is 1. The molecular weight excluding hydrogens is 356 g/mol. The fourth-order valence-electron chi connectivity index (χ4n) is 2.72. The number of carbonyl (C=O) groups excluding carboxylic acids is 1. The van der Waals surface area contributed by atoms with E-state index in [-0.39, 0.29) is 5.91 Å². The third-order valence-electron chi connectivity index (χ3n) is 4.24. The average molecular weight is 374 g/mol. The molecule has 2 aromatic heterocycles. The van der Waals surface area contributed by atoms with Crippen molar-refractivity contribution in [3.05, 3.63) is 83.8 Å². The van der Waals surface area contributed by atoms with Crippen molar-refractivity contribution in [2.45, 2.75) is 23.6 Å². The molecule has 0 aliphatic rings. The van der Waals surface area contributed by atoms with E-state index in [0.29, 0.717) is 11.2 Å². The highest BCUT2D eigenvalue weighted by Gasteiger charge is 2.08. The Morgan fingerprint density at radius 3 is 2.67 bits per heavy atom. The first-order chi connectivity index (χ1) is 13.1. The Kier molecular flexibility index (Phi) is 4.64. The first-order valence-corrected chi connectivity index (χ1v) is 9.36. The Morgan fingerprint density at radius 2 is 1.85 bits per heavy atom. The van der Waals surface area contributed by atoms with Crippen LogP contribution in [0.4, 0.5) is 5.69 Å². The molecule has 0 unspecified atom stereocenters. The number of pyridine rings is 1.